The van der Waals surface area contributed by atoms with Crippen molar-refractivity contribution in [2.75, 3.05) is 32.8 Å². The molecule has 2 heterocycles. The van der Waals surface area contributed by atoms with Gasteiger partial charge >= 0.3 is 0 Å². The predicted molar refractivity (Wildman–Crippen MR) is 203 cm³/mol. The van der Waals surface area contributed by atoms with Gasteiger partial charge in [0.2, 0.25) is 5.43 Å². The zero-order chi connectivity index (χ0) is 33.5. The number of piperazine rings is 1. The van der Waals surface area contributed by atoms with Crippen molar-refractivity contribution in [2.45, 2.75) is 136 Å². The van der Waals surface area contributed by atoms with Gasteiger partial charge in [-0.3, -0.25) is 14.6 Å². The van der Waals surface area contributed by atoms with Crippen LogP contribution in [0.2, 0.25) is 0 Å². The lowest BCUT2D eigenvalue weighted by Gasteiger charge is -2.35. The number of benzene rings is 2. The van der Waals surface area contributed by atoms with E-state index in [4.69, 9.17) is 4.74 Å². The third-order valence-electron chi connectivity index (χ3n) is 10.0. The van der Waals surface area contributed by atoms with Crippen LogP contribution in [0, 0.1) is 0 Å². The fourth-order valence-electron chi connectivity index (χ4n) is 6.95. The van der Waals surface area contributed by atoms with Gasteiger partial charge in [0, 0.05) is 57.6 Å². The molecule has 0 atom stereocenters. The van der Waals surface area contributed by atoms with Crippen molar-refractivity contribution in [3.63, 3.8) is 0 Å². The molecule has 0 radical (unpaired) electrons. The minimum absolute atomic E-state index is 0.0140. The minimum Gasteiger partial charge on any atom is -0.488 e. The summed E-state index contributed by atoms with van der Waals surface area (Å²) in [6.07, 6.45) is 24.6. The maximum Gasteiger partial charge on any atom is 0.223 e. The van der Waals surface area contributed by atoms with Crippen LogP contribution >= 0.6 is 0 Å². The van der Waals surface area contributed by atoms with E-state index in [0.29, 0.717) is 12.4 Å². The zero-order valence-corrected chi connectivity index (χ0v) is 30.3. The molecule has 0 spiro atoms. The Labute approximate surface area is 292 Å². The van der Waals surface area contributed by atoms with Gasteiger partial charge in [-0.05, 0) is 24.0 Å². The number of unbranched alkanes of at least 4 members (excludes halogenated alkanes) is 15. The highest BCUT2D eigenvalue weighted by molar-refractivity contribution is 5.23. The van der Waals surface area contributed by atoms with Crippen molar-refractivity contribution in [3.8, 4) is 5.75 Å². The standard InChI is InChI=1S/C43H65N3O2/c1-2-3-4-5-6-7-8-9-10-11-12-13-14-15-16-23-34-48-43-38-46(29-28-39-24-19-17-20-25-39)41(35-42(43)47)37-45-32-30-44(31-33-45)36-40-26-21-18-22-27-40/h17-22,24-27,35,38H,2-16,23,28-34,36-37H2,1H3. The van der Waals surface area contributed by atoms with Crippen LogP contribution < -0.4 is 10.2 Å². The molecule has 5 nitrogen and oxygen atoms in total. The number of aryl methyl sites for hydroxylation is 2. The molecule has 3 aromatic rings. The Morgan fingerprint density at radius 1 is 0.583 bits per heavy atom. The number of rotatable bonds is 25. The Morgan fingerprint density at radius 3 is 1.60 bits per heavy atom. The van der Waals surface area contributed by atoms with Crippen LogP contribution in [-0.2, 0) is 26.1 Å². The molecular weight excluding hydrogens is 590 g/mol. The monoisotopic (exact) mass is 656 g/mol. The third-order valence-corrected chi connectivity index (χ3v) is 10.0. The molecule has 0 saturated carbocycles. The Kier molecular flexibility index (Phi) is 18.5. The molecule has 4 rings (SSSR count). The number of aromatic nitrogens is 1. The summed E-state index contributed by atoms with van der Waals surface area (Å²) in [6, 6.07) is 23.2. The summed E-state index contributed by atoms with van der Waals surface area (Å²) >= 11 is 0. The molecule has 48 heavy (non-hydrogen) atoms. The van der Waals surface area contributed by atoms with Crippen LogP contribution in [0.4, 0.5) is 0 Å². The maximum absolute atomic E-state index is 13.2. The van der Waals surface area contributed by atoms with E-state index in [2.05, 4.69) is 82.0 Å². The Hall–Kier alpha value is -2.89. The summed E-state index contributed by atoms with van der Waals surface area (Å²) in [5.41, 5.74) is 3.78. The summed E-state index contributed by atoms with van der Waals surface area (Å²) in [5.74, 6) is 0.500. The molecule has 2 aromatic carbocycles. The molecule has 0 unspecified atom stereocenters. The quantitative estimate of drug-likeness (QED) is 0.0852. The summed E-state index contributed by atoms with van der Waals surface area (Å²) in [7, 11) is 0. The van der Waals surface area contributed by atoms with Crippen LogP contribution in [0.15, 0.2) is 77.7 Å². The van der Waals surface area contributed by atoms with Gasteiger partial charge < -0.3 is 9.30 Å². The zero-order valence-electron chi connectivity index (χ0n) is 30.3. The highest BCUT2D eigenvalue weighted by Gasteiger charge is 2.19. The van der Waals surface area contributed by atoms with E-state index >= 15 is 0 Å². The van der Waals surface area contributed by atoms with Gasteiger partial charge in [-0.25, -0.2) is 0 Å². The highest BCUT2D eigenvalue weighted by Crippen LogP contribution is 2.17. The lowest BCUT2D eigenvalue weighted by molar-refractivity contribution is 0.119. The maximum atomic E-state index is 13.2. The fourth-order valence-corrected chi connectivity index (χ4v) is 6.95. The van der Waals surface area contributed by atoms with E-state index in [-0.39, 0.29) is 5.43 Å². The first-order chi connectivity index (χ1) is 23.7. The number of ether oxygens (including phenoxy) is 1. The molecule has 0 amide bonds. The van der Waals surface area contributed by atoms with Crippen LogP contribution in [0.5, 0.6) is 5.75 Å². The highest BCUT2D eigenvalue weighted by atomic mass is 16.5. The smallest absolute Gasteiger partial charge is 0.223 e. The lowest BCUT2D eigenvalue weighted by atomic mass is 10.0. The third kappa shape index (κ3) is 15.1. The molecule has 1 aliphatic heterocycles. The Morgan fingerprint density at radius 2 is 1.06 bits per heavy atom. The second-order valence-corrected chi connectivity index (χ2v) is 14.1. The normalized spacial score (nSPS) is 14.0. The number of hydrogen-bond donors (Lipinski definition) is 0. The number of nitrogens with zero attached hydrogens (tertiary/aromatic N) is 3. The fraction of sp³-hybridized carbons (Fsp3) is 0.605. The molecule has 0 bridgehead atoms. The second kappa shape index (κ2) is 23.5. The van der Waals surface area contributed by atoms with Crippen LogP contribution in [0.1, 0.15) is 126 Å². The van der Waals surface area contributed by atoms with Crippen molar-refractivity contribution in [1.82, 2.24) is 14.4 Å². The molecule has 264 valence electrons. The molecule has 1 saturated heterocycles. The van der Waals surface area contributed by atoms with E-state index in [0.717, 1.165) is 64.3 Å². The van der Waals surface area contributed by atoms with E-state index in [1.165, 1.54) is 107 Å². The SMILES string of the molecule is CCCCCCCCCCCCCCCCCCOc1cn(CCc2ccccc2)c(CN2CCN(Cc3ccccc3)CC2)cc1=O. The lowest BCUT2D eigenvalue weighted by Crippen LogP contribution is -2.45. The first-order valence-corrected chi connectivity index (χ1v) is 19.6. The van der Waals surface area contributed by atoms with Crippen molar-refractivity contribution in [2.24, 2.45) is 0 Å². The van der Waals surface area contributed by atoms with E-state index in [1.807, 2.05) is 12.3 Å². The van der Waals surface area contributed by atoms with Gasteiger partial charge in [0.15, 0.2) is 5.75 Å². The van der Waals surface area contributed by atoms with Crippen molar-refractivity contribution in [1.29, 1.82) is 0 Å². The molecule has 1 fully saturated rings. The molecule has 0 aliphatic carbocycles. The minimum atomic E-state index is 0.0140. The summed E-state index contributed by atoms with van der Waals surface area (Å²) in [5, 5.41) is 0. The van der Waals surface area contributed by atoms with Gasteiger partial charge in [-0.2, -0.15) is 0 Å². The first kappa shape index (κ1) is 37.9. The average molecular weight is 656 g/mol. The van der Waals surface area contributed by atoms with E-state index < -0.39 is 0 Å². The van der Waals surface area contributed by atoms with Crippen molar-refractivity contribution < 1.29 is 4.74 Å². The van der Waals surface area contributed by atoms with Gasteiger partial charge in [0.05, 0.1) is 12.8 Å². The van der Waals surface area contributed by atoms with Crippen LogP contribution in [0.25, 0.3) is 0 Å². The molecule has 1 aromatic heterocycles. The van der Waals surface area contributed by atoms with E-state index in [9.17, 15) is 4.79 Å². The van der Waals surface area contributed by atoms with Crippen molar-refractivity contribution >= 4 is 0 Å². The predicted octanol–water partition coefficient (Wildman–Crippen LogP) is 10.0. The van der Waals surface area contributed by atoms with Gasteiger partial charge in [0.1, 0.15) is 0 Å². The Bertz CT molecular complexity index is 1280. The second-order valence-electron chi connectivity index (χ2n) is 14.1. The summed E-state index contributed by atoms with van der Waals surface area (Å²) < 4.78 is 8.38. The molecule has 0 N–H and O–H groups in total. The van der Waals surface area contributed by atoms with Gasteiger partial charge in [-0.15, -0.1) is 0 Å². The van der Waals surface area contributed by atoms with Crippen LogP contribution in [0.3, 0.4) is 0 Å². The van der Waals surface area contributed by atoms with Crippen LogP contribution in [-0.4, -0.2) is 47.2 Å². The van der Waals surface area contributed by atoms with E-state index in [1.54, 1.807) is 0 Å². The van der Waals surface area contributed by atoms with Crippen molar-refractivity contribution in [3.05, 3.63) is 100.0 Å². The first-order valence-electron chi connectivity index (χ1n) is 19.6. The average Bonchev–Trinajstić information content (AvgIpc) is 3.11. The van der Waals surface area contributed by atoms with Gasteiger partial charge in [-0.1, -0.05) is 164 Å². The van der Waals surface area contributed by atoms with Gasteiger partial charge in [0.25, 0.3) is 0 Å². The number of hydrogen-bond acceptors (Lipinski definition) is 4. The number of pyridine rings is 1. The summed E-state index contributed by atoms with van der Waals surface area (Å²) in [4.78, 5) is 18.2. The molecule has 5 heteroatoms. The molecular formula is C43H65N3O2. The summed E-state index contributed by atoms with van der Waals surface area (Å²) in [6.45, 7) is 9.66. The topological polar surface area (TPSA) is 37.7 Å². The Balaban J connectivity index is 1.15. The molecule has 1 aliphatic rings. The largest absolute Gasteiger partial charge is 0.488 e.